The van der Waals surface area contributed by atoms with Gasteiger partial charge >= 0.3 is 5.97 Å². The Morgan fingerprint density at radius 3 is 2.44 bits per heavy atom. The smallest absolute Gasteiger partial charge is 0.307 e. The van der Waals surface area contributed by atoms with E-state index in [1.54, 1.807) is 6.33 Å². The number of carboxylic acids is 1. The van der Waals surface area contributed by atoms with Crippen molar-refractivity contribution in [1.82, 2.24) is 25.0 Å². The number of aromatic nitrogens is 3. The molecule has 5 aliphatic rings. The molecule has 11 heteroatoms. The standard InChI is InChI=1S/C43H72N6O5/c1-26(2)28(5)38(6)17-18-40(8)29-13-14-32-39(7)22-53-24-43(32,30(29)15-16-41(40,9)33(38)37(51)52)21-31(34(39)54-23-42(10,44)27(3)4)49-25-46-35(47-49)36(50)45-19-20-48(11)12/h15,25-29,31-34H,13-14,16-24,44H2,1-12H3,(H,45,50)(H,51,52)/t28-,29+,31-,32+,33-,34+,38-,39+,40-,41+,42+,43?/m1/s1. The number of fused-ring (bicyclic) bond motifs is 3. The van der Waals surface area contributed by atoms with Crippen molar-refractivity contribution < 1.29 is 24.2 Å². The van der Waals surface area contributed by atoms with Crippen molar-refractivity contribution in [2.24, 2.45) is 68.3 Å². The summed E-state index contributed by atoms with van der Waals surface area (Å²) in [5, 5.41) is 19.0. The van der Waals surface area contributed by atoms with Crippen LogP contribution < -0.4 is 11.1 Å². The molecule has 1 unspecified atom stereocenters. The van der Waals surface area contributed by atoms with Gasteiger partial charge in [-0.2, -0.15) is 0 Å². The number of carboxylic acid groups (broad SMARTS) is 1. The predicted molar refractivity (Wildman–Crippen MR) is 211 cm³/mol. The van der Waals surface area contributed by atoms with E-state index >= 15 is 0 Å². The van der Waals surface area contributed by atoms with Crippen LogP contribution in [0.3, 0.4) is 0 Å². The lowest BCUT2D eigenvalue weighted by Crippen LogP contribution is -2.69. The molecular weight excluding hydrogens is 681 g/mol. The van der Waals surface area contributed by atoms with Crippen molar-refractivity contribution in [3.63, 3.8) is 0 Å². The summed E-state index contributed by atoms with van der Waals surface area (Å²) in [6.07, 6.45) is 9.38. The van der Waals surface area contributed by atoms with Crippen molar-refractivity contribution in [1.29, 1.82) is 0 Å². The number of amides is 1. The zero-order valence-corrected chi connectivity index (χ0v) is 35.5. The monoisotopic (exact) mass is 753 g/mol. The highest BCUT2D eigenvalue weighted by molar-refractivity contribution is 5.90. The average Bonchev–Trinajstić information content (AvgIpc) is 3.58. The van der Waals surface area contributed by atoms with E-state index in [1.807, 2.05) is 23.7 Å². The number of rotatable bonds is 12. The van der Waals surface area contributed by atoms with Crippen LogP contribution in [0.2, 0.25) is 0 Å². The molecule has 1 amide bonds. The normalized spacial score (nSPS) is 40.7. The fraction of sp³-hybridized carbons (Fsp3) is 0.860. The fourth-order valence-corrected chi connectivity index (χ4v) is 12.6. The molecule has 1 aliphatic heterocycles. The first-order valence-corrected chi connectivity index (χ1v) is 20.8. The van der Waals surface area contributed by atoms with Gasteiger partial charge in [-0.25, -0.2) is 9.67 Å². The van der Waals surface area contributed by atoms with Crippen molar-refractivity contribution in [2.45, 2.75) is 125 Å². The van der Waals surface area contributed by atoms with E-state index in [-0.39, 0.29) is 63.3 Å². The van der Waals surface area contributed by atoms with E-state index < -0.39 is 22.8 Å². The molecular formula is C43H72N6O5. The van der Waals surface area contributed by atoms with Crippen LogP contribution >= 0.6 is 0 Å². The Morgan fingerprint density at radius 2 is 1.81 bits per heavy atom. The lowest BCUT2D eigenvalue weighted by Gasteiger charge is -2.71. The number of nitrogens with two attached hydrogens (primary N) is 1. The molecule has 0 spiro atoms. The molecule has 4 fully saturated rings. The Balaban J connectivity index is 1.42. The summed E-state index contributed by atoms with van der Waals surface area (Å²) in [7, 11) is 3.95. The van der Waals surface area contributed by atoms with E-state index in [9.17, 15) is 14.7 Å². The molecule has 11 nitrogen and oxygen atoms in total. The molecule has 3 saturated carbocycles. The second-order valence-electron chi connectivity index (χ2n) is 20.6. The molecule has 2 heterocycles. The Morgan fingerprint density at radius 1 is 1.11 bits per heavy atom. The summed E-state index contributed by atoms with van der Waals surface area (Å²) < 4.78 is 15.7. The van der Waals surface area contributed by atoms with Crippen LogP contribution in [0, 0.1) is 62.6 Å². The molecule has 4 N–H and O–H groups in total. The molecule has 1 aromatic heterocycles. The van der Waals surface area contributed by atoms with Crippen LogP contribution in [0.15, 0.2) is 18.0 Å². The average molecular weight is 753 g/mol. The first kappa shape index (κ1) is 41.3. The Bertz CT molecular complexity index is 1610. The number of hydrogen-bond donors (Lipinski definition) is 3. The number of nitrogens with zero attached hydrogens (tertiary/aromatic N) is 4. The predicted octanol–water partition coefficient (Wildman–Crippen LogP) is 6.46. The van der Waals surface area contributed by atoms with Gasteiger partial charge in [-0.1, -0.05) is 74.0 Å². The molecule has 54 heavy (non-hydrogen) atoms. The maximum atomic E-state index is 13.5. The highest BCUT2D eigenvalue weighted by atomic mass is 16.5. The van der Waals surface area contributed by atoms with Crippen molar-refractivity contribution >= 4 is 11.9 Å². The minimum atomic E-state index is -0.644. The molecule has 6 rings (SSSR count). The Hall–Kier alpha value is -2.34. The van der Waals surface area contributed by atoms with Crippen LogP contribution in [0.1, 0.15) is 124 Å². The van der Waals surface area contributed by atoms with Crippen LogP contribution in [0.5, 0.6) is 0 Å². The van der Waals surface area contributed by atoms with Gasteiger partial charge in [0.05, 0.1) is 37.9 Å². The van der Waals surface area contributed by atoms with E-state index in [4.69, 9.17) is 20.3 Å². The van der Waals surface area contributed by atoms with Crippen LogP contribution in [0.4, 0.5) is 0 Å². The SMILES string of the molecule is CC(C)[C@@H](C)[C@@]1(C)CC[C@]2(C)[C@H]3CC[C@@H]4C5(COC[C@]4(C)[C@@H](OC[C@](C)(N)C(C)C)[C@H](n4cnc(C(=O)NCCN(C)C)n4)C5)C3=CC[C@@]2(C)[C@@H]1C(=O)O. The number of carbonyl (C=O) groups is 2. The van der Waals surface area contributed by atoms with Gasteiger partial charge in [-0.05, 0) is 105 Å². The number of allylic oxidation sites excluding steroid dienone is 1. The van der Waals surface area contributed by atoms with Gasteiger partial charge < -0.3 is 30.5 Å². The minimum Gasteiger partial charge on any atom is -0.481 e. The first-order chi connectivity index (χ1) is 25.1. The van der Waals surface area contributed by atoms with Crippen LogP contribution in [0.25, 0.3) is 0 Å². The summed E-state index contributed by atoms with van der Waals surface area (Å²) in [6, 6.07) is -0.206. The highest BCUT2D eigenvalue weighted by Gasteiger charge is 2.72. The van der Waals surface area contributed by atoms with Crippen LogP contribution in [-0.4, -0.2) is 95.3 Å². The largest absolute Gasteiger partial charge is 0.481 e. The third-order valence-electron chi connectivity index (χ3n) is 16.9. The summed E-state index contributed by atoms with van der Waals surface area (Å²) in [5.41, 5.74) is 6.26. The molecule has 12 atom stereocenters. The molecule has 0 aromatic carbocycles. The zero-order chi connectivity index (χ0) is 39.8. The molecule has 0 radical (unpaired) electrons. The van der Waals surface area contributed by atoms with E-state index in [2.05, 4.69) is 85.6 Å². The van der Waals surface area contributed by atoms with Crippen LogP contribution in [-0.2, 0) is 14.3 Å². The number of ether oxygens (including phenoxy) is 2. The molecule has 4 aliphatic carbocycles. The molecule has 2 bridgehead atoms. The summed E-state index contributed by atoms with van der Waals surface area (Å²) in [6.45, 7) is 25.2. The van der Waals surface area contributed by atoms with Gasteiger partial charge in [-0.3, -0.25) is 9.59 Å². The van der Waals surface area contributed by atoms with Crippen molar-refractivity contribution in [3.05, 3.63) is 23.8 Å². The third kappa shape index (κ3) is 6.30. The summed E-state index contributed by atoms with van der Waals surface area (Å²) >= 11 is 0. The molecule has 1 saturated heterocycles. The number of nitrogens with one attached hydrogen (secondary N) is 1. The quantitative estimate of drug-likeness (QED) is 0.205. The second kappa shape index (κ2) is 14.2. The minimum absolute atomic E-state index is 0.159. The lowest BCUT2D eigenvalue weighted by molar-refractivity contribution is -0.252. The van der Waals surface area contributed by atoms with Gasteiger partial charge in [0.25, 0.3) is 5.91 Å². The van der Waals surface area contributed by atoms with Gasteiger partial charge in [0.15, 0.2) is 0 Å². The zero-order valence-electron chi connectivity index (χ0n) is 35.5. The van der Waals surface area contributed by atoms with Crippen molar-refractivity contribution in [3.8, 4) is 0 Å². The van der Waals surface area contributed by atoms with E-state index in [0.29, 0.717) is 38.2 Å². The van der Waals surface area contributed by atoms with Gasteiger partial charge in [0.1, 0.15) is 6.33 Å². The highest BCUT2D eigenvalue weighted by Crippen LogP contribution is 2.75. The molecule has 1 aromatic rings. The van der Waals surface area contributed by atoms with Gasteiger partial charge in [0, 0.05) is 29.5 Å². The Labute approximate surface area is 324 Å². The van der Waals surface area contributed by atoms with Gasteiger partial charge in [0.2, 0.25) is 5.82 Å². The second-order valence-corrected chi connectivity index (χ2v) is 20.6. The summed E-state index contributed by atoms with van der Waals surface area (Å²) in [5.74, 6) is 0.250. The van der Waals surface area contributed by atoms with E-state index in [0.717, 1.165) is 45.1 Å². The van der Waals surface area contributed by atoms with E-state index in [1.165, 1.54) is 5.57 Å². The number of hydrogen-bond acceptors (Lipinski definition) is 8. The number of aliphatic carboxylic acids is 1. The maximum Gasteiger partial charge on any atom is 0.307 e. The number of carbonyl (C=O) groups excluding carboxylic acids is 1. The third-order valence-corrected chi connectivity index (χ3v) is 16.9. The molecule has 304 valence electrons. The Kier molecular flexibility index (Phi) is 10.9. The topological polar surface area (TPSA) is 145 Å². The fourth-order valence-electron chi connectivity index (χ4n) is 12.6. The number of likely N-dealkylation sites (N-methyl/N-ethyl adjacent to an activating group) is 1. The first-order valence-electron chi connectivity index (χ1n) is 20.8. The van der Waals surface area contributed by atoms with Crippen molar-refractivity contribution in [2.75, 3.05) is 47.0 Å². The van der Waals surface area contributed by atoms with Gasteiger partial charge in [-0.15, -0.1) is 5.10 Å². The summed E-state index contributed by atoms with van der Waals surface area (Å²) in [4.78, 5) is 33.3. The lowest BCUT2D eigenvalue weighted by atomic mass is 9.34. The maximum absolute atomic E-state index is 13.5.